The van der Waals surface area contributed by atoms with Crippen LogP contribution in [0.4, 0.5) is 10.1 Å². The van der Waals surface area contributed by atoms with Crippen LogP contribution in [0.2, 0.25) is 0 Å². The summed E-state index contributed by atoms with van der Waals surface area (Å²) in [6.45, 7) is 7.02. The van der Waals surface area contributed by atoms with Crippen LogP contribution in [-0.4, -0.2) is 32.3 Å². The van der Waals surface area contributed by atoms with Crippen LogP contribution >= 0.6 is 0 Å². The first kappa shape index (κ1) is 20.9. The van der Waals surface area contributed by atoms with Crippen molar-refractivity contribution in [1.29, 1.82) is 0 Å². The maximum Gasteiger partial charge on any atom is 0.261 e. The van der Waals surface area contributed by atoms with E-state index in [1.54, 1.807) is 17.9 Å². The van der Waals surface area contributed by atoms with Gasteiger partial charge in [-0.1, -0.05) is 19.9 Å². The van der Waals surface area contributed by atoms with Crippen molar-refractivity contribution in [3.05, 3.63) is 59.4 Å². The number of halogens is 1. The molecule has 0 radical (unpaired) electrons. The molecule has 0 spiro atoms. The number of carbonyl (C=O) groups is 1. The lowest BCUT2D eigenvalue weighted by atomic mass is 10.1. The van der Waals surface area contributed by atoms with Crippen LogP contribution < -0.4 is 4.72 Å². The molecule has 0 saturated heterocycles. The molecule has 27 heavy (non-hydrogen) atoms. The van der Waals surface area contributed by atoms with E-state index in [1.807, 2.05) is 13.8 Å². The Morgan fingerprint density at radius 1 is 1.04 bits per heavy atom. The minimum absolute atomic E-state index is 0.00581. The second-order valence-electron chi connectivity index (χ2n) is 6.38. The lowest BCUT2D eigenvalue weighted by Crippen LogP contribution is -2.33. The zero-order chi connectivity index (χ0) is 20.0. The number of amides is 1. The molecule has 0 aliphatic rings. The van der Waals surface area contributed by atoms with E-state index < -0.39 is 15.8 Å². The normalized spacial score (nSPS) is 11.3. The molecule has 7 heteroatoms. The van der Waals surface area contributed by atoms with Crippen molar-refractivity contribution in [2.45, 2.75) is 38.5 Å². The Morgan fingerprint density at radius 3 is 2.19 bits per heavy atom. The fraction of sp³-hybridized carbons (Fsp3) is 0.350. The van der Waals surface area contributed by atoms with Crippen molar-refractivity contribution < 1.29 is 17.6 Å². The van der Waals surface area contributed by atoms with Gasteiger partial charge in [-0.05, 0) is 61.7 Å². The van der Waals surface area contributed by atoms with Crippen molar-refractivity contribution >= 4 is 21.6 Å². The molecule has 5 nitrogen and oxygen atoms in total. The lowest BCUT2D eigenvalue weighted by Gasteiger charge is -2.22. The van der Waals surface area contributed by atoms with Crippen molar-refractivity contribution in [1.82, 2.24) is 4.90 Å². The molecule has 0 heterocycles. The highest BCUT2D eigenvalue weighted by Gasteiger charge is 2.21. The fourth-order valence-corrected chi connectivity index (χ4v) is 3.84. The highest BCUT2D eigenvalue weighted by Crippen LogP contribution is 2.21. The van der Waals surface area contributed by atoms with Gasteiger partial charge in [0.25, 0.3) is 15.9 Å². The Kier molecular flexibility index (Phi) is 6.96. The number of carbonyl (C=O) groups excluding carboxylic acids is 1. The molecule has 0 unspecified atom stereocenters. The van der Waals surface area contributed by atoms with E-state index in [2.05, 4.69) is 4.72 Å². The predicted octanol–water partition coefficient (Wildman–Crippen LogP) is 4.20. The molecule has 1 amide bonds. The number of rotatable bonds is 8. The monoisotopic (exact) mass is 392 g/mol. The molecule has 2 aromatic rings. The number of sulfonamides is 1. The average molecular weight is 392 g/mol. The molecule has 2 rings (SSSR count). The number of benzene rings is 2. The quantitative estimate of drug-likeness (QED) is 0.732. The summed E-state index contributed by atoms with van der Waals surface area (Å²) >= 11 is 0. The minimum atomic E-state index is -3.89. The maximum atomic E-state index is 13.0. The van der Waals surface area contributed by atoms with Crippen molar-refractivity contribution in [2.75, 3.05) is 17.8 Å². The first-order valence-corrected chi connectivity index (χ1v) is 10.4. The average Bonchev–Trinajstić information content (AvgIpc) is 2.63. The van der Waals surface area contributed by atoms with Gasteiger partial charge in [-0.2, -0.15) is 0 Å². The van der Waals surface area contributed by atoms with Crippen LogP contribution in [-0.2, 0) is 10.0 Å². The Morgan fingerprint density at radius 2 is 1.63 bits per heavy atom. The molecule has 0 saturated carbocycles. The van der Waals surface area contributed by atoms with Crippen LogP contribution in [0.15, 0.2) is 47.4 Å². The second-order valence-corrected chi connectivity index (χ2v) is 8.06. The molecule has 0 aromatic heterocycles. The first-order valence-electron chi connectivity index (χ1n) is 8.96. The van der Waals surface area contributed by atoms with Crippen molar-refractivity contribution in [3.8, 4) is 0 Å². The molecule has 146 valence electrons. The van der Waals surface area contributed by atoms with Gasteiger partial charge in [0.1, 0.15) is 5.82 Å². The summed E-state index contributed by atoms with van der Waals surface area (Å²) in [6, 6.07) is 9.53. The highest BCUT2D eigenvalue weighted by atomic mass is 32.2. The van der Waals surface area contributed by atoms with Crippen LogP contribution in [0.1, 0.15) is 42.6 Å². The smallest absolute Gasteiger partial charge is 0.261 e. The third-order valence-corrected chi connectivity index (χ3v) is 5.50. The van der Waals surface area contributed by atoms with Gasteiger partial charge in [0, 0.05) is 24.3 Å². The van der Waals surface area contributed by atoms with Crippen molar-refractivity contribution in [3.63, 3.8) is 0 Å². The molecule has 0 atom stereocenters. The third-order valence-electron chi connectivity index (χ3n) is 4.12. The number of hydrogen-bond donors (Lipinski definition) is 1. The molecular weight excluding hydrogens is 367 g/mol. The summed E-state index contributed by atoms with van der Waals surface area (Å²) in [4.78, 5) is 14.6. The summed E-state index contributed by atoms with van der Waals surface area (Å²) in [5, 5.41) is 0. The predicted molar refractivity (Wildman–Crippen MR) is 105 cm³/mol. The van der Waals surface area contributed by atoms with Gasteiger partial charge in [0.2, 0.25) is 0 Å². The lowest BCUT2D eigenvalue weighted by molar-refractivity contribution is 0.0754. The van der Waals surface area contributed by atoms with E-state index in [-0.39, 0.29) is 16.5 Å². The zero-order valence-electron chi connectivity index (χ0n) is 15.8. The van der Waals surface area contributed by atoms with Gasteiger partial charge in [0.15, 0.2) is 0 Å². The summed E-state index contributed by atoms with van der Waals surface area (Å²) in [5.74, 6) is -0.622. The van der Waals surface area contributed by atoms with Crippen LogP contribution in [0.25, 0.3) is 0 Å². The molecule has 0 bridgehead atoms. The Balaban J connectivity index is 2.34. The second kappa shape index (κ2) is 8.99. The number of hydrogen-bond acceptors (Lipinski definition) is 3. The number of nitrogens with zero attached hydrogens (tertiary/aromatic N) is 1. The highest BCUT2D eigenvalue weighted by molar-refractivity contribution is 7.92. The standard InChI is InChI=1S/C20H25FN2O3S/c1-4-12-23(13-5-2)20(24)19-14-18(11-6-15(19)3)27(25,26)22-17-9-7-16(21)8-10-17/h6-11,14,22H,4-5,12-13H2,1-3H3. The Labute approximate surface area is 160 Å². The summed E-state index contributed by atoms with van der Waals surface area (Å²) in [6.07, 6.45) is 1.66. The topological polar surface area (TPSA) is 66.5 Å². The third kappa shape index (κ3) is 5.29. The Bertz CT molecular complexity index is 890. The van der Waals surface area contributed by atoms with Crippen LogP contribution in [0.3, 0.4) is 0 Å². The maximum absolute atomic E-state index is 13.0. The zero-order valence-corrected chi connectivity index (χ0v) is 16.6. The van der Waals surface area contributed by atoms with E-state index in [1.165, 1.54) is 36.4 Å². The molecule has 1 N–H and O–H groups in total. The van der Waals surface area contributed by atoms with Gasteiger partial charge in [-0.15, -0.1) is 0 Å². The van der Waals surface area contributed by atoms with E-state index in [4.69, 9.17) is 0 Å². The Hall–Kier alpha value is -2.41. The van der Waals surface area contributed by atoms with Crippen LogP contribution in [0, 0.1) is 12.7 Å². The molecule has 0 aliphatic heterocycles. The molecule has 2 aromatic carbocycles. The fourth-order valence-electron chi connectivity index (χ4n) is 2.76. The largest absolute Gasteiger partial charge is 0.339 e. The van der Waals surface area contributed by atoms with Crippen molar-refractivity contribution in [2.24, 2.45) is 0 Å². The van der Waals surface area contributed by atoms with E-state index in [0.717, 1.165) is 18.4 Å². The number of aryl methyl sites for hydroxylation is 1. The number of nitrogens with one attached hydrogen (secondary N) is 1. The molecular formula is C20H25FN2O3S. The van der Waals surface area contributed by atoms with Gasteiger partial charge in [-0.3, -0.25) is 9.52 Å². The van der Waals surface area contributed by atoms with Gasteiger partial charge < -0.3 is 4.90 Å². The number of anilines is 1. The van der Waals surface area contributed by atoms with Gasteiger partial charge in [-0.25, -0.2) is 12.8 Å². The minimum Gasteiger partial charge on any atom is -0.339 e. The molecule has 0 aliphatic carbocycles. The summed E-state index contributed by atoms with van der Waals surface area (Å²) in [5.41, 5.74) is 1.35. The summed E-state index contributed by atoms with van der Waals surface area (Å²) < 4.78 is 40.7. The molecule has 0 fully saturated rings. The van der Waals surface area contributed by atoms with E-state index >= 15 is 0 Å². The van der Waals surface area contributed by atoms with Gasteiger partial charge in [0.05, 0.1) is 4.90 Å². The summed E-state index contributed by atoms with van der Waals surface area (Å²) in [7, 11) is -3.89. The first-order chi connectivity index (χ1) is 12.8. The van der Waals surface area contributed by atoms with E-state index in [0.29, 0.717) is 18.7 Å². The SMILES string of the molecule is CCCN(CCC)C(=O)c1cc(S(=O)(=O)Nc2ccc(F)cc2)ccc1C. The van der Waals surface area contributed by atoms with Gasteiger partial charge >= 0.3 is 0 Å². The van der Waals surface area contributed by atoms with Crippen LogP contribution in [0.5, 0.6) is 0 Å². The van der Waals surface area contributed by atoms with E-state index in [9.17, 15) is 17.6 Å².